The molecule has 4 aromatic carbocycles. The van der Waals surface area contributed by atoms with Crippen molar-refractivity contribution in [2.75, 3.05) is 4.90 Å². The zero-order chi connectivity index (χ0) is 40.3. The zero-order valence-corrected chi connectivity index (χ0v) is 34.8. The van der Waals surface area contributed by atoms with Crippen LogP contribution in [0.1, 0.15) is 195 Å². The Hall–Kier alpha value is -4.84. The fourth-order valence-corrected chi connectivity index (χ4v) is 9.17. The van der Waals surface area contributed by atoms with Gasteiger partial charge >= 0.3 is 0 Å². The maximum atomic E-state index is 14.2. The van der Waals surface area contributed by atoms with Crippen LogP contribution < -0.4 is 4.90 Å². The number of amides is 4. The lowest BCUT2D eigenvalue weighted by atomic mass is 9.82. The van der Waals surface area contributed by atoms with Crippen LogP contribution in [0.5, 0.6) is 0 Å². The minimum absolute atomic E-state index is 0.0134. The van der Waals surface area contributed by atoms with Crippen LogP contribution in [0, 0.1) is 0 Å². The Bertz CT molecular complexity index is 2110. The largest absolute Gasteiger partial charge is 0.269 e. The third kappa shape index (κ3) is 8.15. The molecule has 0 atom stereocenters. The van der Waals surface area contributed by atoms with Crippen molar-refractivity contribution in [3.63, 3.8) is 0 Å². The lowest BCUT2D eigenvalue weighted by molar-refractivity contribution is 0.0474. The van der Waals surface area contributed by atoms with E-state index in [4.69, 9.17) is 0 Å². The Kier molecular flexibility index (Phi) is 12.0. The lowest BCUT2D eigenvalue weighted by Crippen LogP contribution is -2.45. The summed E-state index contributed by atoms with van der Waals surface area (Å²) in [6, 6.07) is 26.8. The smallest absolute Gasteiger partial charge is 0.266 e. The number of hydrogen-bond acceptors (Lipinski definition) is 4. The van der Waals surface area contributed by atoms with Gasteiger partial charge in [-0.15, -0.1) is 0 Å². The molecule has 4 aromatic rings. The molecule has 3 aliphatic rings. The third-order valence-corrected chi connectivity index (χ3v) is 13.4. The van der Waals surface area contributed by atoms with Gasteiger partial charge in [-0.3, -0.25) is 24.1 Å². The van der Waals surface area contributed by atoms with Gasteiger partial charge in [-0.2, -0.15) is 0 Å². The fourth-order valence-electron chi connectivity index (χ4n) is 9.17. The molecule has 2 aliphatic heterocycles. The molecule has 0 saturated heterocycles. The van der Waals surface area contributed by atoms with E-state index in [9.17, 15) is 19.2 Å². The Morgan fingerprint density at radius 1 is 0.491 bits per heavy atom. The van der Waals surface area contributed by atoms with Gasteiger partial charge in [-0.1, -0.05) is 146 Å². The van der Waals surface area contributed by atoms with Gasteiger partial charge in [0.15, 0.2) is 0 Å². The molecule has 6 heteroatoms. The summed E-state index contributed by atoms with van der Waals surface area (Å²) < 4.78 is 0. The number of hydrogen-bond donors (Lipinski definition) is 0. The summed E-state index contributed by atoms with van der Waals surface area (Å²) in [6.45, 7) is 10.4. The zero-order valence-electron chi connectivity index (χ0n) is 34.8. The highest BCUT2D eigenvalue weighted by Crippen LogP contribution is 2.40. The van der Waals surface area contributed by atoms with Crippen LogP contribution in [-0.4, -0.2) is 28.5 Å². The molecule has 0 bridgehead atoms. The van der Waals surface area contributed by atoms with Crippen molar-refractivity contribution in [2.45, 2.75) is 148 Å². The number of rotatable bonds is 7. The van der Waals surface area contributed by atoms with Gasteiger partial charge in [0.05, 0.1) is 33.5 Å². The molecule has 6 nitrogen and oxygen atoms in total. The van der Waals surface area contributed by atoms with Crippen molar-refractivity contribution < 1.29 is 19.2 Å². The molecule has 1 fully saturated rings. The van der Waals surface area contributed by atoms with E-state index in [0.29, 0.717) is 45.0 Å². The van der Waals surface area contributed by atoms with E-state index in [-0.39, 0.29) is 29.0 Å². The Morgan fingerprint density at radius 2 is 0.912 bits per heavy atom. The first-order valence-electron chi connectivity index (χ1n) is 21.7. The summed E-state index contributed by atoms with van der Waals surface area (Å²) in [4.78, 5) is 58.0. The molecule has 0 N–H and O–H groups in total. The first kappa shape index (κ1) is 40.4. The van der Waals surface area contributed by atoms with Gasteiger partial charge in [0.2, 0.25) is 0 Å². The van der Waals surface area contributed by atoms with E-state index in [0.717, 1.165) is 17.5 Å². The maximum Gasteiger partial charge on any atom is 0.266 e. The van der Waals surface area contributed by atoms with Crippen LogP contribution in [0.2, 0.25) is 0 Å². The molecule has 298 valence electrons. The molecule has 0 unspecified atom stereocenters. The Morgan fingerprint density at radius 3 is 1.42 bits per heavy atom. The van der Waals surface area contributed by atoms with Crippen molar-refractivity contribution in [3.8, 4) is 11.1 Å². The summed E-state index contributed by atoms with van der Waals surface area (Å²) in [7, 11) is 0. The number of imide groups is 2. The first-order valence-corrected chi connectivity index (χ1v) is 21.7. The summed E-state index contributed by atoms with van der Waals surface area (Å²) in [6.07, 6.45) is 19.5. The highest BCUT2D eigenvalue weighted by Gasteiger charge is 2.45. The van der Waals surface area contributed by atoms with Crippen LogP contribution in [0.3, 0.4) is 0 Å². The van der Waals surface area contributed by atoms with Crippen LogP contribution in [0.15, 0.2) is 84.9 Å². The van der Waals surface area contributed by atoms with E-state index < -0.39 is 5.54 Å². The quantitative estimate of drug-likeness (QED) is 0.176. The van der Waals surface area contributed by atoms with Crippen molar-refractivity contribution in [3.05, 3.63) is 124 Å². The predicted octanol–water partition coefficient (Wildman–Crippen LogP) is 12.9. The monoisotopic (exact) mass is 764 g/mol. The molecule has 1 saturated carbocycles. The number of carbonyl (C=O) groups excluding carboxylic acids is 4. The molecule has 0 aromatic heterocycles. The summed E-state index contributed by atoms with van der Waals surface area (Å²) in [5, 5.41) is 0. The standard InChI is InChI=1S/C51H60N2O4/c1-6-50(2,3)39-27-29-41(30-28-39)52-46(54)42-31-23-37(33-44(42)47(52)55)38-24-32-43-45(34-38)49(57)53(48(43)56)51(4,5)40-25-21-36(22-26-40)35-19-17-15-13-11-9-7-8-10-12-14-16-18-20-35/h21-35H,6-20H2,1-5H3. The average molecular weight is 765 g/mol. The van der Waals surface area contributed by atoms with E-state index in [1.54, 1.807) is 30.3 Å². The second-order valence-corrected chi connectivity index (χ2v) is 17.9. The summed E-state index contributed by atoms with van der Waals surface area (Å²) in [5.41, 5.74) is 5.86. The van der Waals surface area contributed by atoms with Gasteiger partial charge in [0.1, 0.15) is 0 Å². The molecule has 57 heavy (non-hydrogen) atoms. The summed E-state index contributed by atoms with van der Waals surface area (Å²) in [5.74, 6) is -0.840. The van der Waals surface area contributed by atoms with Crippen molar-refractivity contribution in [1.82, 2.24) is 4.90 Å². The lowest BCUT2D eigenvalue weighted by Gasteiger charge is -2.34. The van der Waals surface area contributed by atoms with Gasteiger partial charge in [0, 0.05) is 0 Å². The Balaban J connectivity index is 1.07. The van der Waals surface area contributed by atoms with Gasteiger partial charge in [-0.25, -0.2) is 4.90 Å². The van der Waals surface area contributed by atoms with Crippen molar-refractivity contribution >= 4 is 29.3 Å². The number of benzene rings is 4. The van der Waals surface area contributed by atoms with Crippen LogP contribution in [-0.2, 0) is 11.0 Å². The normalized spacial score (nSPS) is 18.1. The van der Waals surface area contributed by atoms with Gasteiger partial charge in [0.25, 0.3) is 23.6 Å². The molecule has 7 rings (SSSR count). The van der Waals surface area contributed by atoms with E-state index >= 15 is 0 Å². The molecule has 0 radical (unpaired) electrons. The van der Waals surface area contributed by atoms with Gasteiger partial charge in [-0.05, 0) is 109 Å². The molecule has 1 aliphatic carbocycles. The maximum absolute atomic E-state index is 14.2. The number of carbonyl (C=O) groups is 4. The van der Waals surface area contributed by atoms with Crippen molar-refractivity contribution in [1.29, 1.82) is 0 Å². The molecule has 4 amide bonds. The topological polar surface area (TPSA) is 74.8 Å². The van der Waals surface area contributed by atoms with Crippen LogP contribution in [0.25, 0.3) is 11.1 Å². The minimum atomic E-state index is -0.873. The Labute approximate surface area is 340 Å². The summed E-state index contributed by atoms with van der Waals surface area (Å²) >= 11 is 0. The van der Waals surface area contributed by atoms with E-state index in [2.05, 4.69) is 45.0 Å². The predicted molar refractivity (Wildman–Crippen MR) is 230 cm³/mol. The first-order chi connectivity index (χ1) is 27.4. The highest BCUT2D eigenvalue weighted by molar-refractivity contribution is 6.34. The van der Waals surface area contributed by atoms with Crippen LogP contribution >= 0.6 is 0 Å². The SMILES string of the molecule is CCC(C)(C)c1ccc(N2C(=O)c3ccc(-c4ccc5c(c4)C(=O)N(C(C)(C)c4ccc(C6CCCCCCCCCCCCCC6)cc4)C5=O)cc3C2=O)cc1. The number of anilines is 1. The van der Waals surface area contributed by atoms with Crippen molar-refractivity contribution in [2.24, 2.45) is 0 Å². The molecular formula is C51H60N2O4. The van der Waals surface area contributed by atoms with Crippen LogP contribution in [0.4, 0.5) is 5.69 Å². The second-order valence-electron chi connectivity index (χ2n) is 17.9. The van der Waals surface area contributed by atoms with E-state index in [1.165, 1.54) is 105 Å². The highest BCUT2D eigenvalue weighted by atomic mass is 16.2. The number of nitrogens with zero attached hydrogens (tertiary/aromatic N) is 2. The minimum Gasteiger partial charge on any atom is -0.269 e. The number of fused-ring (bicyclic) bond motifs is 2. The molecule has 2 heterocycles. The molecule has 0 spiro atoms. The molecular weight excluding hydrogens is 705 g/mol. The van der Waals surface area contributed by atoms with E-state index in [1.807, 2.05) is 44.2 Å². The fraction of sp³-hybridized carbons (Fsp3) is 0.451. The third-order valence-electron chi connectivity index (χ3n) is 13.4. The second kappa shape index (κ2) is 16.9. The van der Waals surface area contributed by atoms with Gasteiger partial charge < -0.3 is 0 Å². The average Bonchev–Trinajstić information content (AvgIpc) is 3.62.